The fourth-order valence-corrected chi connectivity index (χ4v) is 4.68. The number of nitrogens with one attached hydrogen (secondary N) is 1. The van der Waals surface area contributed by atoms with Gasteiger partial charge < -0.3 is 14.8 Å². The molecule has 2 aromatic heterocycles. The van der Waals surface area contributed by atoms with Gasteiger partial charge in [-0.05, 0) is 73.6 Å². The predicted molar refractivity (Wildman–Crippen MR) is 112 cm³/mol. The lowest BCUT2D eigenvalue weighted by Gasteiger charge is -2.32. The standard InChI is InChI=1S/C23H26N4O/c28-23(18-5-7-19(8-6-18)26-12-1-2-13-26)27-14-9-17(10-15-27)21-16-25-22-20(21)4-3-11-24-22/h3-8,11,16-17H,1-2,9-10,12-15H2,(H,24,25). The number of hydrogen-bond donors (Lipinski definition) is 1. The topological polar surface area (TPSA) is 52.2 Å². The largest absolute Gasteiger partial charge is 0.372 e. The van der Waals surface area contributed by atoms with E-state index in [0.29, 0.717) is 5.92 Å². The zero-order valence-corrected chi connectivity index (χ0v) is 16.1. The number of anilines is 1. The number of amides is 1. The van der Waals surface area contributed by atoms with Crippen LogP contribution < -0.4 is 4.90 Å². The summed E-state index contributed by atoms with van der Waals surface area (Å²) in [4.78, 5) is 25.0. The number of nitrogens with zero attached hydrogens (tertiary/aromatic N) is 3. The van der Waals surface area contributed by atoms with E-state index in [1.165, 1.54) is 29.5 Å². The first kappa shape index (κ1) is 17.3. The second-order valence-electron chi connectivity index (χ2n) is 7.95. The van der Waals surface area contributed by atoms with Crippen molar-refractivity contribution in [2.24, 2.45) is 0 Å². The molecule has 1 amide bonds. The molecule has 1 N–H and O–H groups in total. The van der Waals surface area contributed by atoms with E-state index in [0.717, 1.165) is 50.2 Å². The van der Waals surface area contributed by atoms with E-state index in [1.807, 2.05) is 29.3 Å². The minimum atomic E-state index is 0.159. The number of piperidine rings is 1. The van der Waals surface area contributed by atoms with Crippen LogP contribution >= 0.6 is 0 Å². The van der Waals surface area contributed by atoms with Crippen LogP contribution in [0.3, 0.4) is 0 Å². The van der Waals surface area contributed by atoms with Gasteiger partial charge in [0.05, 0.1) is 0 Å². The molecule has 0 atom stereocenters. The molecule has 4 heterocycles. The number of H-pyrrole nitrogens is 1. The molecule has 0 saturated carbocycles. The zero-order valence-electron chi connectivity index (χ0n) is 16.1. The first-order valence-corrected chi connectivity index (χ1v) is 10.4. The summed E-state index contributed by atoms with van der Waals surface area (Å²) in [6.07, 6.45) is 8.44. The first-order chi connectivity index (χ1) is 13.8. The molecule has 0 aliphatic carbocycles. The molecule has 0 unspecified atom stereocenters. The average Bonchev–Trinajstić information content (AvgIpc) is 3.44. The number of aromatic amines is 1. The third kappa shape index (κ3) is 3.15. The summed E-state index contributed by atoms with van der Waals surface area (Å²) < 4.78 is 0. The second kappa shape index (κ2) is 7.30. The molecule has 144 valence electrons. The number of pyridine rings is 1. The van der Waals surface area contributed by atoms with Crippen LogP contribution in [0.1, 0.15) is 47.5 Å². The van der Waals surface area contributed by atoms with Crippen LogP contribution in [0.25, 0.3) is 11.0 Å². The minimum absolute atomic E-state index is 0.159. The lowest BCUT2D eigenvalue weighted by molar-refractivity contribution is 0.0713. The van der Waals surface area contributed by atoms with Crippen molar-refractivity contribution in [3.63, 3.8) is 0 Å². The van der Waals surface area contributed by atoms with Crippen LogP contribution in [0.4, 0.5) is 5.69 Å². The molecule has 28 heavy (non-hydrogen) atoms. The Kier molecular flexibility index (Phi) is 4.51. The van der Waals surface area contributed by atoms with Gasteiger partial charge in [-0.15, -0.1) is 0 Å². The summed E-state index contributed by atoms with van der Waals surface area (Å²) in [5.41, 5.74) is 4.33. The van der Waals surface area contributed by atoms with E-state index >= 15 is 0 Å². The van der Waals surface area contributed by atoms with Crippen molar-refractivity contribution in [2.75, 3.05) is 31.1 Å². The van der Waals surface area contributed by atoms with E-state index in [-0.39, 0.29) is 5.91 Å². The molecule has 2 saturated heterocycles. The molecule has 5 heteroatoms. The van der Waals surface area contributed by atoms with Crippen molar-refractivity contribution in [3.05, 3.63) is 59.9 Å². The molecule has 1 aromatic carbocycles. The summed E-state index contributed by atoms with van der Waals surface area (Å²) in [6, 6.07) is 12.3. The minimum Gasteiger partial charge on any atom is -0.372 e. The van der Waals surface area contributed by atoms with Crippen LogP contribution in [0, 0.1) is 0 Å². The van der Waals surface area contributed by atoms with Crippen molar-refractivity contribution in [1.29, 1.82) is 0 Å². The molecule has 2 aliphatic rings. The van der Waals surface area contributed by atoms with Gasteiger partial charge in [-0.2, -0.15) is 0 Å². The number of aromatic nitrogens is 2. The SMILES string of the molecule is O=C(c1ccc(N2CCCC2)cc1)N1CCC(c2c[nH]c3ncccc23)CC1. The van der Waals surface area contributed by atoms with Crippen molar-refractivity contribution < 1.29 is 4.79 Å². The van der Waals surface area contributed by atoms with Crippen molar-refractivity contribution >= 4 is 22.6 Å². The molecule has 0 spiro atoms. The van der Waals surface area contributed by atoms with E-state index in [4.69, 9.17) is 0 Å². The van der Waals surface area contributed by atoms with E-state index in [2.05, 4.69) is 39.3 Å². The number of benzene rings is 1. The highest BCUT2D eigenvalue weighted by molar-refractivity contribution is 5.94. The van der Waals surface area contributed by atoms with Crippen molar-refractivity contribution in [2.45, 2.75) is 31.6 Å². The van der Waals surface area contributed by atoms with Crippen molar-refractivity contribution in [3.8, 4) is 0 Å². The summed E-state index contributed by atoms with van der Waals surface area (Å²) in [5.74, 6) is 0.645. The molecule has 0 bridgehead atoms. The highest BCUT2D eigenvalue weighted by Crippen LogP contribution is 2.33. The fourth-order valence-electron chi connectivity index (χ4n) is 4.68. The Morgan fingerprint density at radius 1 is 1.00 bits per heavy atom. The van der Waals surface area contributed by atoms with Crippen LogP contribution in [-0.2, 0) is 0 Å². The molecule has 3 aromatic rings. The van der Waals surface area contributed by atoms with Crippen LogP contribution in [0.5, 0.6) is 0 Å². The molecular weight excluding hydrogens is 348 g/mol. The molecule has 0 radical (unpaired) electrons. The quantitative estimate of drug-likeness (QED) is 0.748. The van der Waals surface area contributed by atoms with Gasteiger partial charge in [0, 0.05) is 55.2 Å². The van der Waals surface area contributed by atoms with Gasteiger partial charge in [0.2, 0.25) is 0 Å². The van der Waals surface area contributed by atoms with E-state index in [1.54, 1.807) is 0 Å². The number of fused-ring (bicyclic) bond motifs is 1. The third-order valence-electron chi connectivity index (χ3n) is 6.29. The summed E-state index contributed by atoms with van der Waals surface area (Å²) in [7, 11) is 0. The van der Waals surface area contributed by atoms with Gasteiger partial charge in [0.15, 0.2) is 0 Å². The van der Waals surface area contributed by atoms with E-state index in [9.17, 15) is 4.79 Å². The summed E-state index contributed by atoms with van der Waals surface area (Å²) >= 11 is 0. The lowest BCUT2D eigenvalue weighted by atomic mass is 9.89. The Morgan fingerprint density at radius 2 is 1.75 bits per heavy atom. The smallest absolute Gasteiger partial charge is 0.253 e. The van der Waals surface area contributed by atoms with Crippen LogP contribution in [0.2, 0.25) is 0 Å². The summed E-state index contributed by atoms with van der Waals surface area (Å²) in [5, 5.41) is 1.21. The maximum atomic E-state index is 12.9. The van der Waals surface area contributed by atoms with Gasteiger partial charge in [-0.25, -0.2) is 4.98 Å². The van der Waals surface area contributed by atoms with Crippen LogP contribution in [-0.4, -0.2) is 47.0 Å². The monoisotopic (exact) mass is 374 g/mol. The number of carbonyl (C=O) groups is 1. The van der Waals surface area contributed by atoms with Gasteiger partial charge in [0.1, 0.15) is 5.65 Å². The lowest BCUT2D eigenvalue weighted by Crippen LogP contribution is -2.37. The van der Waals surface area contributed by atoms with Crippen LogP contribution in [0.15, 0.2) is 48.8 Å². The van der Waals surface area contributed by atoms with Gasteiger partial charge in [0.25, 0.3) is 5.91 Å². The highest BCUT2D eigenvalue weighted by Gasteiger charge is 2.26. The molecule has 5 rings (SSSR count). The van der Waals surface area contributed by atoms with Gasteiger partial charge in [-0.1, -0.05) is 0 Å². The average molecular weight is 374 g/mol. The second-order valence-corrected chi connectivity index (χ2v) is 7.95. The zero-order chi connectivity index (χ0) is 18.9. The number of rotatable bonds is 3. The molecule has 5 nitrogen and oxygen atoms in total. The Balaban J connectivity index is 1.24. The number of carbonyl (C=O) groups excluding carboxylic acids is 1. The Hall–Kier alpha value is -2.82. The molecular formula is C23H26N4O. The Morgan fingerprint density at radius 3 is 2.50 bits per heavy atom. The number of likely N-dealkylation sites (tertiary alicyclic amines) is 1. The molecule has 2 fully saturated rings. The predicted octanol–water partition coefficient (Wildman–Crippen LogP) is 4.18. The first-order valence-electron chi connectivity index (χ1n) is 10.4. The normalized spacial score (nSPS) is 18.1. The van der Waals surface area contributed by atoms with Gasteiger partial charge >= 0.3 is 0 Å². The fraction of sp³-hybridized carbons (Fsp3) is 0.391. The molecule has 2 aliphatic heterocycles. The Bertz CT molecular complexity index is 964. The highest BCUT2D eigenvalue weighted by atomic mass is 16.2. The maximum absolute atomic E-state index is 12.9. The third-order valence-corrected chi connectivity index (χ3v) is 6.29. The Labute approximate surface area is 165 Å². The summed E-state index contributed by atoms with van der Waals surface area (Å²) in [6.45, 7) is 3.88. The van der Waals surface area contributed by atoms with E-state index < -0.39 is 0 Å². The number of hydrogen-bond acceptors (Lipinski definition) is 3. The van der Waals surface area contributed by atoms with Crippen molar-refractivity contribution in [1.82, 2.24) is 14.9 Å². The van der Waals surface area contributed by atoms with Gasteiger partial charge in [-0.3, -0.25) is 4.79 Å². The maximum Gasteiger partial charge on any atom is 0.253 e.